The third-order valence-corrected chi connectivity index (χ3v) is 4.83. The Morgan fingerprint density at radius 2 is 2.04 bits per heavy atom. The van der Waals surface area contributed by atoms with E-state index in [2.05, 4.69) is 10.4 Å². The third-order valence-electron chi connectivity index (χ3n) is 4.83. The first-order valence-electron chi connectivity index (χ1n) is 8.62. The van der Waals surface area contributed by atoms with Gasteiger partial charge in [-0.1, -0.05) is 12.1 Å². The number of alkyl halides is 3. The molecule has 2 aromatic rings. The maximum absolute atomic E-state index is 12.7. The van der Waals surface area contributed by atoms with Crippen LogP contribution in [0.4, 0.5) is 13.2 Å². The van der Waals surface area contributed by atoms with Crippen molar-refractivity contribution in [1.82, 2.24) is 15.1 Å². The van der Waals surface area contributed by atoms with Crippen molar-refractivity contribution < 1.29 is 27.4 Å². The van der Waals surface area contributed by atoms with E-state index < -0.39 is 17.3 Å². The number of ether oxygens (including phenoxy) is 2. The highest BCUT2D eigenvalue weighted by atomic mass is 19.4. The molecule has 1 aromatic carbocycles. The standard InChI is InChI=1S/C18H18F3N3O3/c19-18(20,21)13-3-1-12(2-4-13)10-17(5-7-26-11-17)22-16(25)14-9-15-24(23-14)6-8-27-15/h1-4,9H,5-8,10-11H2,(H,22,25)/t17-/m1/s1. The molecule has 1 amide bonds. The van der Waals surface area contributed by atoms with Gasteiger partial charge in [0.25, 0.3) is 5.91 Å². The molecule has 2 aliphatic rings. The predicted molar refractivity (Wildman–Crippen MR) is 88.5 cm³/mol. The lowest BCUT2D eigenvalue weighted by Crippen LogP contribution is -2.51. The average molecular weight is 381 g/mol. The normalized spacial score (nSPS) is 21.7. The number of halogens is 3. The number of amides is 1. The van der Waals surface area contributed by atoms with Crippen LogP contribution < -0.4 is 10.1 Å². The molecule has 4 rings (SSSR count). The molecule has 144 valence electrons. The smallest absolute Gasteiger partial charge is 0.416 e. The van der Waals surface area contributed by atoms with E-state index in [1.807, 2.05) is 0 Å². The van der Waals surface area contributed by atoms with Crippen molar-refractivity contribution in [2.75, 3.05) is 19.8 Å². The van der Waals surface area contributed by atoms with Crippen LogP contribution in [-0.2, 0) is 23.9 Å². The van der Waals surface area contributed by atoms with Crippen LogP contribution in [0.1, 0.15) is 28.0 Å². The van der Waals surface area contributed by atoms with E-state index in [0.717, 1.165) is 12.1 Å². The van der Waals surface area contributed by atoms with Gasteiger partial charge in [-0.15, -0.1) is 0 Å². The fraction of sp³-hybridized carbons (Fsp3) is 0.444. The van der Waals surface area contributed by atoms with Crippen LogP contribution in [-0.4, -0.2) is 41.0 Å². The van der Waals surface area contributed by atoms with Crippen molar-refractivity contribution in [2.45, 2.75) is 31.1 Å². The number of rotatable bonds is 4. The lowest BCUT2D eigenvalue weighted by Gasteiger charge is -2.28. The highest BCUT2D eigenvalue weighted by Crippen LogP contribution is 2.31. The number of benzene rings is 1. The summed E-state index contributed by atoms with van der Waals surface area (Å²) in [6.45, 7) is 1.91. The predicted octanol–water partition coefficient (Wildman–Crippen LogP) is 2.43. The van der Waals surface area contributed by atoms with Crippen molar-refractivity contribution in [3.05, 3.63) is 47.2 Å². The van der Waals surface area contributed by atoms with E-state index in [4.69, 9.17) is 9.47 Å². The lowest BCUT2D eigenvalue weighted by atomic mass is 9.89. The van der Waals surface area contributed by atoms with Crippen molar-refractivity contribution in [1.29, 1.82) is 0 Å². The van der Waals surface area contributed by atoms with E-state index in [1.165, 1.54) is 12.1 Å². The fourth-order valence-electron chi connectivity index (χ4n) is 3.42. The summed E-state index contributed by atoms with van der Waals surface area (Å²) in [4.78, 5) is 12.6. The van der Waals surface area contributed by atoms with Gasteiger partial charge < -0.3 is 14.8 Å². The molecule has 1 N–H and O–H groups in total. The maximum Gasteiger partial charge on any atom is 0.416 e. The van der Waals surface area contributed by atoms with Crippen LogP contribution in [0.2, 0.25) is 0 Å². The number of aromatic nitrogens is 2. The molecule has 0 aliphatic carbocycles. The Bertz CT molecular complexity index is 818. The monoisotopic (exact) mass is 381 g/mol. The summed E-state index contributed by atoms with van der Waals surface area (Å²) in [6.07, 6.45) is -3.42. The molecule has 9 heteroatoms. The zero-order valence-corrected chi connectivity index (χ0v) is 14.4. The van der Waals surface area contributed by atoms with Gasteiger partial charge in [-0.2, -0.15) is 18.3 Å². The zero-order chi connectivity index (χ0) is 19.1. The second-order valence-electron chi connectivity index (χ2n) is 6.85. The molecular formula is C18H18F3N3O3. The zero-order valence-electron chi connectivity index (χ0n) is 14.4. The first-order chi connectivity index (χ1) is 12.8. The molecule has 0 bridgehead atoms. The highest BCUT2D eigenvalue weighted by Gasteiger charge is 2.38. The minimum atomic E-state index is -4.37. The minimum absolute atomic E-state index is 0.253. The molecule has 2 aliphatic heterocycles. The number of carbonyl (C=O) groups excluding carboxylic acids is 1. The molecular weight excluding hydrogens is 363 g/mol. The Kier molecular flexibility index (Phi) is 4.33. The Labute approximate surface area is 153 Å². The maximum atomic E-state index is 12.7. The average Bonchev–Trinajstić information content (AvgIpc) is 3.30. The molecule has 3 heterocycles. The number of carbonyl (C=O) groups is 1. The molecule has 1 aromatic heterocycles. The molecule has 0 radical (unpaired) electrons. The van der Waals surface area contributed by atoms with Crippen LogP contribution in [0, 0.1) is 0 Å². The number of nitrogens with one attached hydrogen (secondary N) is 1. The van der Waals surface area contributed by atoms with Gasteiger partial charge in [0.2, 0.25) is 5.88 Å². The first-order valence-corrected chi connectivity index (χ1v) is 8.62. The Morgan fingerprint density at radius 1 is 1.26 bits per heavy atom. The van der Waals surface area contributed by atoms with Gasteiger partial charge in [-0.05, 0) is 30.5 Å². The van der Waals surface area contributed by atoms with Crippen LogP contribution in [0.5, 0.6) is 5.88 Å². The molecule has 0 saturated carbocycles. The van der Waals surface area contributed by atoms with E-state index in [1.54, 1.807) is 10.7 Å². The summed E-state index contributed by atoms with van der Waals surface area (Å²) in [7, 11) is 0. The molecule has 1 atom stereocenters. The quantitative estimate of drug-likeness (QED) is 0.884. The molecule has 1 fully saturated rings. The molecule has 6 nitrogen and oxygen atoms in total. The van der Waals surface area contributed by atoms with E-state index in [9.17, 15) is 18.0 Å². The van der Waals surface area contributed by atoms with Crippen LogP contribution in [0.15, 0.2) is 30.3 Å². The number of hydrogen-bond acceptors (Lipinski definition) is 4. The summed E-state index contributed by atoms with van der Waals surface area (Å²) < 4.78 is 50.6. The third kappa shape index (κ3) is 3.64. The van der Waals surface area contributed by atoms with E-state index >= 15 is 0 Å². The summed E-state index contributed by atoms with van der Waals surface area (Å²) in [5.74, 6) is 0.206. The van der Waals surface area contributed by atoms with Gasteiger partial charge in [0.15, 0.2) is 5.69 Å². The Balaban J connectivity index is 1.50. The molecule has 27 heavy (non-hydrogen) atoms. The van der Waals surface area contributed by atoms with Crippen molar-refractivity contribution in [3.63, 3.8) is 0 Å². The van der Waals surface area contributed by atoms with Gasteiger partial charge >= 0.3 is 6.18 Å². The SMILES string of the molecule is O=C(N[C@@]1(Cc2ccc(C(F)(F)F)cc2)CCOC1)c1cc2n(n1)CCO2. The summed E-state index contributed by atoms with van der Waals surface area (Å²) in [5.41, 5.74) is -0.418. The summed E-state index contributed by atoms with van der Waals surface area (Å²) in [6, 6.07) is 6.57. The summed E-state index contributed by atoms with van der Waals surface area (Å²) in [5, 5.41) is 7.20. The van der Waals surface area contributed by atoms with Crippen LogP contribution in [0.25, 0.3) is 0 Å². The van der Waals surface area contributed by atoms with Gasteiger partial charge in [0, 0.05) is 12.7 Å². The van der Waals surface area contributed by atoms with E-state index in [-0.39, 0.29) is 11.6 Å². The fourth-order valence-corrected chi connectivity index (χ4v) is 3.42. The van der Waals surface area contributed by atoms with Crippen molar-refractivity contribution in [3.8, 4) is 5.88 Å². The lowest BCUT2D eigenvalue weighted by molar-refractivity contribution is -0.137. The van der Waals surface area contributed by atoms with Gasteiger partial charge in [0.1, 0.15) is 6.61 Å². The molecule has 0 unspecified atom stereocenters. The van der Waals surface area contributed by atoms with Crippen molar-refractivity contribution >= 4 is 5.91 Å². The highest BCUT2D eigenvalue weighted by molar-refractivity contribution is 5.93. The number of fused-ring (bicyclic) bond motifs is 1. The van der Waals surface area contributed by atoms with Crippen LogP contribution in [0.3, 0.4) is 0 Å². The Morgan fingerprint density at radius 3 is 2.67 bits per heavy atom. The van der Waals surface area contributed by atoms with Gasteiger partial charge in [-0.3, -0.25) is 4.79 Å². The van der Waals surface area contributed by atoms with Crippen LogP contribution >= 0.6 is 0 Å². The minimum Gasteiger partial charge on any atom is -0.476 e. The van der Waals surface area contributed by atoms with Crippen molar-refractivity contribution in [2.24, 2.45) is 0 Å². The van der Waals surface area contributed by atoms with Gasteiger partial charge in [-0.25, -0.2) is 4.68 Å². The number of hydrogen-bond donors (Lipinski definition) is 1. The second kappa shape index (κ2) is 6.56. The van der Waals surface area contributed by atoms with Gasteiger partial charge in [0.05, 0.1) is 24.3 Å². The van der Waals surface area contributed by atoms with E-state index in [0.29, 0.717) is 50.7 Å². The molecule has 1 saturated heterocycles. The topological polar surface area (TPSA) is 65.4 Å². The summed E-state index contributed by atoms with van der Waals surface area (Å²) >= 11 is 0. The second-order valence-corrected chi connectivity index (χ2v) is 6.85. The first kappa shape index (κ1) is 17.8. The molecule has 0 spiro atoms. The Hall–Kier alpha value is -2.55. The largest absolute Gasteiger partial charge is 0.476 e. The number of nitrogens with zero attached hydrogens (tertiary/aromatic N) is 2.